The van der Waals surface area contributed by atoms with Crippen molar-refractivity contribution in [3.8, 4) is 6.07 Å². The largest absolute Gasteiger partial charge is 0.299 e. The molecule has 0 aliphatic carbocycles. The van der Waals surface area contributed by atoms with Gasteiger partial charge < -0.3 is 0 Å². The molecule has 1 fully saturated rings. The molecule has 0 aromatic carbocycles. The SMILES string of the molecule is CC(C)C1CCCN1CCC#N. The minimum Gasteiger partial charge on any atom is -0.299 e. The van der Waals surface area contributed by atoms with Gasteiger partial charge in [-0.1, -0.05) is 13.8 Å². The predicted octanol–water partition coefficient (Wildman–Crippen LogP) is 2.02. The molecule has 0 amide bonds. The first-order valence-corrected chi connectivity index (χ1v) is 4.86. The number of hydrogen-bond donors (Lipinski definition) is 0. The summed E-state index contributed by atoms with van der Waals surface area (Å²) in [7, 11) is 0. The number of likely N-dealkylation sites (tertiary alicyclic amines) is 1. The molecular weight excluding hydrogens is 148 g/mol. The Morgan fingerprint density at radius 2 is 2.33 bits per heavy atom. The Bertz CT molecular complexity index is 169. The molecule has 0 aromatic rings. The Labute approximate surface area is 75.2 Å². The topological polar surface area (TPSA) is 27.0 Å². The second-order valence-electron chi connectivity index (χ2n) is 3.90. The van der Waals surface area contributed by atoms with Crippen LogP contribution in [-0.4, -0.2) is 24.0 Å². The standard InChI is InChI=1S/C10H18N2/c1-9(2)10-5-3-7-12(10)8-4-6-11/h9-10H,3-5,7-8H2,1-2H3. The Hall–Kier alpha value is -0.550. The van der Waals surface area contributed by atoms with Gasteiger partial charge in [-0.2, -0.15) is 5.26 Å². The lowest BCUT2D eigenvalue weighted by Gasteiger charge is -2.26. The molecule has 1 atom stereocenters. The molecule has 0 N–H and O–H groups in total. The highest BCUT2D eigenvalue weighted by Gasteiger charge is 2.25. The normalized spacial score (nSPS) is 24.7. The third kappa shape index (κ3) is 2.22. The van der Waals surface area contributed by atoms with Gasteiger partial charge in [0.15, 0.2) is 0 Å². The molecule has 1 unspecified atom stereocenters. The highest BCUT2D eigenvalue weighted by Crippen LogP contribution is 2.23. The maximum atomic E-state index is 8.47. The molecule has 1 heterocycles. The van der Waals surface area contributed by atoms with Crippen LogP contribution in [0.2, 0.25) is 0 Å². The summed E-state index contributed by atoms with van der Waals surface area (Å²) in [5.41, 5.74) is 0. The van der Waals surface area contributed by atoms with Gasteiger partial charge in [-0.3, -0.25) is 4.90 Å². The van der Waals surface area contributed by atoms with E-state index in [1.165, 1.54) is 19.4 Å². The zero-order valence-corrected chi connectivity index (χ0v) is 8.08. The smallest absolute Gasteiger partial charge is 0.0635 e. The summed E-state index contributed by atoms with van der Waals surface area (Å²) in [6.45, 7) is 6.72. The lowest BCUT2D eigenvalue weighted by Crippen LogP contribution is -2.33. The molecule has 1 aliphatic rings. The van der Waals surface area contributed by atoms with Crippen molar-refractivity contribution in [2.24, 2.45) is 5.92 Å². The summed E-state index contributed by atoms with van der Waals surface area (Å²) in [6, 6.07) is 2.95. The van der Waals surface area contributed by atoms with Crippen LogP contribution in [0.1, 0.15) is 33.1 Å². The van der Waals surface area contributed by atoms with Crippen LogP contribution in [0.15, 0.2) is 0 Å². The van der Waals surface area contributed by atoms with Gasteiger partial charge in [0.2, 0.25) is 0 Å². The minimum absolute atomic E-state index is 0.684. The van der Waals surface area contributed by atoms with Crippen molar-refractivity contribution in [2.45, 2.75) is 39.2 Å². The van der Waals surface area contributed by atoms with Gasteiger partial charge in [0, 0.05) is 19.0 Å². The molecule has 12 heavy (non-hydrogen) atoms. The number of nitriles is 1. The van der Waals surface area contributed by atoms with Crippen LogP contribution in [-0.2, 0) is 0 Å². The molecule has 68 valence electrons. The van der Waals surface area contributed by atoms with Crippen LogP contribution in [0, 0.1) is 17.2 Å². The Balaban J connectivity index is 2.37. The molecule has 1 aliphatic heterocycles. The lowest BCUT2D eigenvalue weighted by atomic mass is 10.0. The Morgan fingerprint density at radius 3 is 2.92 bits per heavy atom. The fraction of sp³-hybridized carbons (Fsp3) is 0.900. The van der Waals surface area contributed by atoms with Crippen molar-refractivity contribution in [3.63, 3.8) is 0 Å². The molecule has 2 heteroatoms. The zero-order chi connectivity index (χ0) is 8.97. The monoisotopic (exact) mass is 166 g/mol. The first-order chi connectivity index (χ1) is 5.75. The number of hydrogen-bond acceptors (Lipinski definition) is 2. The van der Waals surface area contributed by atoms with Crippen molar-refractivity contribution in [1.29, 1.82) is 5.26 Å². The Morgan fingerprint density at radius 1 is 1.58 bits per heavy atom. The highest BCUT2D eigenvalue weighted by atomic mass is 15.2. The first-order valence-electron chi connectivity index (χ1n) is 4.86. The van der Waals surface area contributed by atoms with Crippen molar-refractivity contribution in [2.75, 3.05) is 13.1 Å². The highest BCUT2D eigenvalue weighted by molar-refractivity contribution is 4.83. The second kappa shape index (κ2) is 4.47. The molecule has 2 nitrogen and oxygen atoms in total. The zero-order valence-electron chi connectivity index (χ0n) is 8.08. The molecule has 0 saturated carbocycles. The number of rotatable bonds is 3. The van der Waals surface area contributed by atoms with E-state index in [0.717, 1.165) is 18.5 Å². The van der Waals surface area contributed by atoms with E-state index in [-0.39, 0.29) is 0 Å². The fourth-order valence-electron chi connectivity index (χ4n) is 2.08. The molecule has 1 saturated heterocycles. The Kier molecular flexibility index (Phi) is 3.55. The fourth-order valence-corrected chi connectivity index (χ4v) is 2.08. The maximum absolute atomic E-state index is 8.47. The van der Waals surface area contributed by atoms with Crippen molar-refractivity contribution in [3.05, 3.63) is 0 Å². The van der Waals surface area contributed by atoms with Gasteiger partial charge in [-0.05, 0) is 25.3 Å². The summed E-state index contributed by atoms with van der Waals surface area (Å²) in [5, 5.41) is 8.47. The molecule has 1 rings (SSSR count). The summed E-state index contributed by atoms with van der Waals surface area (Å²) in [4.78, 5) is 2.47. The minimum atomic E-state index is 0.684. The van der Waals surface area contributed by atoms with E-state index < -0.39 is 0 Å². The summed E-state index contributed by atoms with van der Waals surface area (Å²) in [5.74, 6) is 0.742. The van der Waals surface area contributed by atoms with E-state index >= 15 is 0 Å². The van der Waals surface area contributed by atoms with Crippen LogP contribution in [0.4, 0.5) is 0 Å². The number of nitrogens with zero attached hydrogens (tertiary/aromatic N) is 2. The van der Waals surface area contributed by atoms with Crippen LogP contribution in [0.25, 0.3) is 0 Å². The average Bonchev–Trinajstić information content (AvgIpc) is 2.48. The maximum Gasteiger partial charge on any atom is 0.0635 e. The molecule has 0 radical (unpaired) electrons. The van der Waals surface area contributed by atoms with E-state index in [1.807, 2.05) is 0 Å². The van der Waals surface area contributed by atoms with Crippen molar-refractivity contribution < 1.29 is 0 Å². The first kappa shape index (κ1) is 9.54. The third-order valence-corrected chi connectivity index (χ3v) is 2.69. The molecular formula is C10H18N2. The summed E-state index contributed by atoms with van der Waals surface area (Å²) in [6.07, 6.45) is 3.32. The van der Waals surface area contributed by atoms with Gasteiger partial charge in [0.25, 0.3) is 0 Å². The predicted molar refractivity (Wildman–Crippen MR) is 49.7 cm³/mol. The van der Waals surface area contributed by atoms with Crippen LogP contribution >= 0.6 is 0 Å². The van der Waals surface area contributed by atoms with Crippen LogP contribution in [0.5, 0.6) is 0 Å². The van der Waals surface area contributed by atoms with Crippen LogP contribution < -0.4 is 0 Å². The van der Waals surface area contributed by atoms with E-state index in [0.29, 0.717) is 6.42 Å². The van der Waals surface area contributed by atoms with Crippen molar-refractivity contribution in [1.82, 2.24) is 4.90 Å². The van der Waals surface area contributed by atoms with E-state index in [1.54, 1.807) is 0 Å². The summed E-state index contributed by atoms with van der Waals surface area (Å²) < 4.78 is 0. The van der Waals surface area contributed by atoms with E-state index in [9.17, 15) is 0 Å². The molecule has 0 spiro atoms. The van der Waals surface area contributed by atoms with Crippen molar-refractivity contribution >= 4 is 0 Å². The summed E-state index contributed by atoms with van der Waals surface area (Å²) >= 11 is 0. The second-order valence-corrected chi connectivity index (χ2v) is 3.90. The van der Waals surface area contributed by atoms with E-state index in [4.69, 9.17) is 5.26 Å². The van der Waals surface area contributed by atoms with Gasteiger partial charge in [0.1, 0.15) is 0 Å². The van der Waals surface area contributed by atoms with Gasteiger partial charge >= 0.3 is 0 Å². The van der Waals surface area contributed by atoms with Gasteiger partial charge in [0.05, 0.1) is 6.07 Å². The molecule has 0 aromatic heterocycles. The lowest BCUT2D eigenvalue weighted by molar-refractivity contribution is 0.211. The average molecular weight is 166 g/mol. The van der Waals surface area contributed by atoms with Gasteiger partial charge in [-0.15, -0.1) is 0 Å². The third-order valence-electron chi connectivity index (χ3n) is 2.69. The van der Waals surface area contributed by atoms with E-state index in [2.05, 4.69) is 24.8 Å². The van der Waals surface area contributed by atoms with Crippen LogP contribution in [0.3, 0.4) is 0 Å². The van der Waals surface area contributed by atoms with Gasteiger partial charge in [-0.25, -0.2) is 0 Å². The quantitative estimate of drug-likeness (QED) is 0.641. The molecule has 0 bridgehead atoms.